The van der Waals surface area contributed by atoms with E-state index < -0.39 is 0 Å². The molecule has 2 aromatic carbocycles. The highest BCUT2D eigenvalue weighted by molar-refractivity contribution is 5.42. The number of unbranched alkanes of at least 4 members (excludes halogenated alkanes) is 3. The molecule has 0 atom stereocenters. The average Bonchev–Trinajstić information content (AvgIpc) is 2.70. The average molecular weight is 355 g/mol. The maximum atomic E-state index is 3.16. The second-order valence-electron chi connectivity index (χ2n) is 6.83. The molecule has 0 radical (unpaired) electrons. The summed E-state index contributed by atoms with van der Waals surface area (Å²) in [6.45, 7) is 4.45. The van der Waals surface area contributed by atoms with Gasteiger partial charge in [-0.25, -0.2) is 0 Å². The van der Waals surface area contributed by atoms with E-state index in [2.05, 4.69) is 86.1 Å². The molecule has 0 N–H and O–H groups in total. The van der Waals surface area contributed by atoms with Crippen LogP contribution >= 0.6 is 0 Å². The molecule has 0 spiro atoms. The van der Waals surface area contributed by atoms with E-state index in [1.165, 1.54) is 49.7 Å². The Morgan fingerprint density at radius 2 is 1.11 bits per heavy atom. The highest BCUT2D eigenvalue weighted by atomic mass is 14.0. The van der Waals surface area contributed by atoms with Crippen LogP contribution in [0.15, 0.2) is 60.7 Å². The summed E-state index contributed by atoms with van der Waals surface area (Å²) in [6.07, 6.45) is 12.3. The third kappa shape index (κ3) is 8.48. The van der Waals surface area contributed by atoms with Crippen molar-refractivity contribution in [2.45, 2.75) is 58.8 Å². The fraction of sp³-hybridized carbons (Fsp3) is 0.333. The number of benzene rings is 2. The summed E-state index contributed by atoms with van der Waals surface area (Å²) < 4.78 is 0. The van der Waals surface area contributed by atoms with Crippen molar-refractivity contribution in [1.82, 2.24) is 0 Å². The fourth-order valence-electron chi connectivity index (χ4n) is 2.89. The van der Waals surface area contributed by atoms with E-state index in [0.29, 0.717) is 0 Å². The molecule has 0 aliphatic heterocycles. The normalized spacial score (nSPS) is 10.1. The Labute approximate surface area is 165 Å². The minimum atomic E-state index is 1.04. The molecule has 0 fully saturated rings. The quantitative estimate of drug-likeness (QED) is 0.382. The summed E-state index contributed by atoms with van der Waals surface area (Å²) >= 11 is 0. The van der Waals surface area contributed by atoms with E-state index in [9.17, 15) is 0 Å². The monoisotopic (exact) mass is 354 g/mol. The van der Waals surface area contributed by atoms with Gasteiger partial charge < -0.3 is 0 Å². The summed E-state index contributed by atoms with van der Waals surface area (Å²) in [4.78, 5) is 0. The zero-order valence-electron chi connectivity index (χ0n) is 16.7. The lowest BCUT2D eigenvalue weighted by molar-refractivity contribution is 0.667. The van der Waals surface area contributed by atoms with Gasteiger partial charge in [0.15, 0.2) is 0 Å². The number of hydrogen-bond acceptors (Lipinski definition) is 0. The predicted molar refractivity (Wildman–Crippen MR) is 118 cm³/mol. The van der Waals surface area contributed by atoms with Gasteiger partial charge in [0.2, 0.25) is 0 Å². The van der Waals surface area contributed by atoms with Crippen LogP contribution in [-0.2, 0) is 12.8 Å². The van der Waals surface area contributed by atoms with Crippen LogP contribution in [0.25, 0.3) is 0 Å². The largest absolute Gasteiger partial charge is 0.0689 e. The molecule has 0 unspecified atom stereocenters. The first kappa shape index (κ1) is 20.6. The van der Waals surface area contributed by atoms with Crippen molar-refractivity contribution >= 4 is 0 Å². The summed E-state index contributed by atoms with van der Waals surface area (Å²) in [5.41, 5.74) is 4.87. The van der Waals surface area contributed by atoms with Gasteiger partial charge in [-0.3, -0.25) is 0 Å². The Kier molecular flexibility index (Phi) is 9.63. The van der Waals surface area contributed by atoms with Gasteiger partial charge in [-0.15, -0.1) is 0 Å². The van der Waals surface area contributed by atoms with Crippen molar-refractivity contribution in [1.29, 1.82) is 0 Å². The van der Waals surface area contributed by atoms with Crippen molar-refractivity contribution in [3.8, 4) is 23.7 Å². The minimum absolute atomic E-state index is 1.04. The van der Waals surface area contributed by atoms with Crippen LogP contribution < -0.4 is 0 Å². The van der Waals surface area contributed by atoms with E-state index in [0.717, 1.165) is 17.5 Å². The van der Waals surface area contributed by atoms with Gasteiger partial charge in [0.25, 0.3) is 0 Å². The van der Waals surface area contributed by atoms with Crippen LogP contribution in [0.5, 0.6) is 0 Å². The fourth-order valence-corrected chi connectivity index (χ4v) is 2.89. The lowest BCUT2D eigenvalue weighted by atomic mass is 10.0. The van der Waals surface area contributed by atoms with Crippen LogP contribution in [0.1, 0.15) is 68.2 Å². The molecule has 0 nitrogen and oxygen atoms in total. The topological polar surface area (TPSA) is 0 Å². The van der Waals surface area contributed by atoms with Gasteiger partial charge in [0.1, 0.15) is 0 Å². The molecule has 138 valence electrons. The van der Waals surface area contributed by atoms with Gasteiger partial charge in [-0.1, -0.05) is 87.5 Å². The molecule has 27 heavy (non-hydrogen) atoms. The molecule has 0 saturated carbocycles. The summed E-state index contributed by atoms with van der Waals surface area (Å²) in [5, 5.41) is 0. The second kappa shape index (κ2) is 12.6. The van der Waals surface area contributed by atoms with E-state index in [1.54, 1.807) is 0 Å². The van der Waals surface area contributed by atoms with Crippen LogP contribution in [-0.4, -0.2) is 0 Å². The molecule has 2 aromatic rings. The lowest BCUT2D eigenvalue weighted by Gasteiger charge is -2.01. The van der Waals surface area contributed by atoms with Gasteiger partial charge in [0, 0.05) is 11.1 Å². The third-order valence-corrected chi connectivity index (χ3v) is 4.45. The Bertz CT molecular complexity index is 812. The van der Waals surface area contributed by atoms with Crippen molar-refractivity contribution in [2.24, 2.45) is 0 Å². The Hall–Kier alpha value is -2.70. The van der Waals surface area contributed by atoms with E-state index in [4.69, 9.17) is 0 Å². The van der Waals surface area contributed by atoms with Crippen LogP contribution in [0.4, 0.5) is 0 Å². The third-order valence-electron chi connectivity index (χ3n) is 4.45. The maximum Gasteiger partial charge on any atom is 0.0249 e. The first-order chi connectivity index (χ1) is 13.3. The molecule has 0 aliphatic rings. The predicted octanol–water partition coefficient (Wildman–Crippen LogP) is 6.72. The smallest absolute Gasteiger partial charge is 0.0249 e. The van der Waals surface area contributed by atoms with Gasteiger partial charge in [0.05, 0.1) is 0 Å². The molecular weight excluding hydrogens is 324 g/mol. The zero-order valence-corrected chi connectivity index (χ0v) is 16.7. The molecule has 0 saturated heterocycles. The van der Waals surface area contributed by atoms with Crippen molar-refractivity contribution in [2.75, 3.05) is 0 Å². The van der Waals surface area contributed by atoms with E-state index in [1.807, 2.05) is 12.2 Å². The van der Waals surface area contributed by atoms with Crippen molar-refractivity contribution in [3.63, 3.8) is 0 Å². The Morgan fingerprint density at radius 1 is 0.593 bits per heavy atom. The minimum Gasteiger partial charge on any atom is -0.0689 e. The SMILES string of the molecule is CCCCCCc1ccc(C#CC=CC#Cc2ccc(CCC)cc2)cc1. The number of hydrogen-bond donors (Lipinski definition) is 0. The molecular formula is C27H30. The first-order valence-corrected chi connectivity index (χ1v) is 10.2. The first-order valence-electron chi connectivity index (χ1n) is 10.2. The van der Waals surface area contributed by atoms with Crippen molar-refractivity contribution in [3.05, 3.63) is 82.9 Å². The van der Waals surface area contributed by atoms with Gasteiger partial charge in [-0.05, 0) is 66.8 Å². The zero-order chi connectivity index (χ0) is 19.2. The van der Waals surface area contributed by atoms with E-state index >= 15 is 0 Å². The highest BCUT2D eigenvalue weighted by Crippen LogP contribution is 2.09. The molecule has 0 aliphatic carbocycles. The molecule has 0 aromatic heterocycles. The number of aryl methyl sites for hydroxylation is 2. The molecule has 0 heteroatoms. The van der Waals surface area contributed by atoms with Gasteiger partial charge >= 0.3 is 0 Å². The summed E-state index contributed by atoms with van der Waals surface area (Å²) in [5.74, 6) is 12.4. The highest BCUT2D eigenvalue weighted by Gasteiger charge is 1.94. The standard InChI is InChI=1S/C27H30/c1-3-5-6-9-13-25-20-22-27(23-21-25)15-11-8-7-10-14-26-18-16-24(12-4-2)17-19-26/h7-8,16-23H,3-6,9,12-13H2,1-2H3. The lowest BCUT2D eigenvalue weighted by Crippen LogP contribution is -1.86. The molecule has 0 amide bonds. The Morgan fingerprint density at radius 3 is 1.59 bits per heavy atom. The number of rotatable bonds is 7. The summed E-state index contributed by atoms with van der Waals surface area (Å²) in [6, 6.07) is 17.1. The number of allylic oxidation sites excluding steroid dienone is 2. The molecule has 0 heterocycles. The van der Waals surface area contributed by atoms with Crippen LogP contribution in [0, 0.1) is 23.7 Å². The molecule has 2 rings (SSSR count). The van der Waals surface area contributed by atoms with Gasteiger partial charge in [-0.2, -0.15) is 0 Å². The van der Waals surface area contributed by atoms with Crippen molar-refractivity contribution < 1.29 is 0 Å². The van der Waals surface area contributed by atoms with Crippen LogP contribution in [0.3, 0.4) is 0 Å². The Balaban J connectivity index is 1.80. The van der Waals surface area contributed by atoms with Crippen LogP contribution in [0.2, 0.25) is 0 Å². The molecule has 0 bridgehead atoms. The van der Waals surface area contributed by atoms with E-state index in [-0.39, 0.29) is 0 Å². The summed E-state index contributed by atoms with van der Waals surface area (Å²) in [7, 11) is 0. The maximum absolute atomic E-state index is 3.16. The second-order valence-corrected chi connectivity index (χ2v) is 6.83.